The van der Waals surface area contributed by atoms with Crippen LogP contribution >= 0.6 is 0 Å². The number of furan rings is 1. The highest BCUT2D eigenvalue weighted by molar-refractivity contribution is 5.21. The van der Waals surface area contributed by atoms with E-state index in [2.05, 4.69) is 57.9 Å². The molecule has 1 fully saturated rings. The number of hydrogen-bond acceptors (Lipinski definition) is 3. The van der Waals surface area contributed by atoms with Gasteiger partial charge in [-0.15, -0.1) is 0 Å². The lowest BCUT2D eigenvalue weighted by molar-refractivity contribution is 0.134. The second kappa shape index (κ2) is 5.90. The predicted octanol–water partition coefficient (Wildman–Crippen LogP) is 3.71. The number of nitrogens with one attached hydrogen (secondary N) is 1. The van der Waals surface area contributed by atoms with E-state index in [0.29, 0.717) is 11.5 Å². The van der Waals surface area contributed by atoms with Gasteiger partial charge in [0.15, 0.2) is 0 Å². The fourth-order valence-corrected chi connectivity index (χ4v) is 2.43. The van der Waals surface area contributed by atoms with E-state index in [-0.39, 0.29) is 0 Å². The van der Waals surface area contributed by atoms with Crippen molar-refractivity contribution in [2.45, 2.75) is 72.6 Å². The van der Waals surface area contributed by atoms with Crippen LogP contribution < -0.4 is 5.32 Å². The third kappa shape index (κ3) is 4.10. The molecule has 1 aliphatic carbocycles. The van der Waals surface area contributed by atoms with Crippen molar-refractivity contribution in [1.29, 1.82) is 0 Å². The highest BCUT2D eigenvalue weighted by Crippen LogP contribution is 2.26. The van der Waals surface area contributed by atoms with E-state index < -0.39 is 0 Å². The molecule has 1 aromatic heterocycles. The zero-order chi connectivity index (χ0) is 14.9. The van der Waals surface area contributed by atoms with Gasteiger partial charge in [-0.1, -0.05) is 20.8 Å². The Morgan fingerprint density at radius 2 is 2.05 bits per heavy atom. The quantitative estimate of drug-likeness (QED) is 0.860. The van der Waals surface area contributed by atoms with Crippen LogP contribution in [0.15, 0.2) is 10.5 Å². The third-order valence-electron chi connectivity index (χ3n) is 4.55. The monoisotopic (exact) mass is 278 g/mol. The lowest BCUT2D eigenvalue weighted by Crippen LogP contribution is -2.38. The second-order valence-electron chi connectivity index (χ2n) is 7.41. The van der Waals surface area contributed by atoms with Gasteiger partial charge in [0.25, 0.3) is 0 Å². The van der Waals surface area contributed by atoms with Crippen molar-refractivity contribution in [3.8, 4) is 0 Å². The smallest absolute Gasteiger partial charge is 0.118 e. The van der Waals surface area contributed by atoms with Gasteiger partial charge in [0.05, 0.1) is 6.54 Å². The average Bonchev–Trinajstić information content (AvgIpc) is 3.11. The maximum absolute atomic E-state index is 5.87. The molecule has 0 aliphatic heterocycles. The molecule has 1 unspecified atom stereocenters. The Bertz CT molecular complexity index is 440. The molecule has 2 rings (SSSR count). The van der Waals surface area contributed by atoms with Crippen LogP contribution in [0.2, 0.25) is 0 Å². The van der Waals surface area contributed by atoms with Crippen molar-refractivity contribution < 1.29 is 4.42 Å². The lowest BCUT2D eigenvalue weighted by atomic mass is 9.87. The molecule has 1 N–H and O–H groups in total. The Hall–Kier alpha value is -0.800. The maximum Gasteiger partial charge on any atom is 0.118 e. The molecule has 0 aromatic carbocycles. The topological polar surface area (TPSA) is 28.4 Å². The van der Waals surface area contributed by atoms with Crippen LogP contribution in [-0.4, -0.2) is 24.0 Å². The van der Waals surface area contributed by atoms with Crippen molar-refractivity contribution in [3.63, 3.8) is 0 Å². The Labute approximate surface area is 123 Å². The van der Waals surface area contributed by atoms with Gasteiger partial charge in [0, 0.05) is 24.2 Å². The lowest BCUT2D eigenvalue weighted by Gasteiger charge is -2.35. The molecule has 0 radical (unpaired) electrons. The summed E-state index contributed by atoms with van der Waals surface area (Å²) in [4.78, 5) is 2.41. The van der Waals surface area contributed by atoms with Gasteiger partial charge < -0.3 is 9.73 Å². The maximum atomic E-state index is 5.87. The summed E-state index contributed by atoms with van der Waals surface area (Å²) in [6.07, 6.45) is 2.64. The first kappa shape index (κ1) is 15.6. The van der Waals surface area contributed by atoms with Crippen molar-refractivity contribution in [2.75, 3.05) is 7.05 Å². The second-order valence-corrected chi connectivity index (χ2v) is 7.41. The van der Waals surface area contributed by atoms with Crippen molar-refractivity contribution in [2.24, 2.45) is 5.41 Å². The molecule has 3 nitrogen and oxygen atoms in total. The van der Waals surface area contributed by atoms with E-state index in [1.165, 1.54) is 18.4 Å². The van der Waals surface area contributed by atoms with Crippen molar-refractivity contribution >= 4 is 0 Å². The van der Waals surface area contributed by atoms with Crippen molar-refractivity contribution in [3.05, 3.63) is 23.2 Å². The number of nitrogens with zero attached hydrogens (tertiary/aromatic N) is 1. The van der Waals surface area contributed by atoms with E-state index in [4.69, 9.17) is 4.42 Å². The number of aryl methyl sites for hydroxylation is 1. The van der Waals surface area contributed by atoms with E-state index in [1.807, 2.05) is 0 Å². The van der Waals surface area contributed by atoms with Crippen LogP contribution in [0.1, 0.15) is 57.6 Å². The van der Waals surface area contributed by atoms with Gasteiger partial charge >= 0.3 is 0 Å². The standard InChI is InChI=1S/C17H30N2O/c1-12-14(11-19(6)13(2)17(3,4)5)9-16(20-12)10-18-15-7-8-15/h9,13,15,18H,7-8,10-11H2,1-6H3. The van der Waals surface area contributed by atoms with Crippen molar-refractivity contribution in [1.82, 2.24) is 10.2 Å². The van der Waals surface area contributed by atoms with Crippen LogP contribution in [0, 0.1) is 12.3 Å². The summed E-state index contributed by atoms with van der Waals surface area (Å²) in [5.41, 5.74) is 1.61. The van der Waals surface area contributed by atoms with Gasteiger partial charge in [-0.2, -0.15) is 0 Å². The molecule has 1 atom stereocenters. The van der Waals surface area contributed by atoms with E-state index in [1.54, 1.807) is 0 Å². The molecule has 0 saturated heterocycles. The van der Waals surface area contributed by atoms with Crippen LogP contribution in [0.5, 0.6) is 0 Å². The van der Waals surface area contributed by atoms with Gasteiger partial charge in [-0.05, 0) is 45.2 Å². The Kier molecular flexibility index (Phi) is 4.60. The molecular weight excluding hydrogens is 248 g/mol. The predicted molar refractivity (Wildman–Crippen MR) is 83.7 cm³/mol. The zero-order valence-corrected chi connectivity index (χ0v) is 13.9. The minimum Gasteiger partial charge on any atom is -0.465 e. The minimum atomic E-state index is 0.294. The summed E-state index contributed by atoms with van der Waals surface area (Å²) < 4.78 is 5.87. The van der Waals surface area contributed by atoms with Gasteiger partial charge in [0.1, 0.15) is 11.5 Å². The highest BCUT2D eigenvalue weighted by atomic mass is 16.3. The van der Waals surface area contributed by atoms with Crippen LogP contribution in [0.4, 0.5) is 0 Å². The summed E-state index contributed by atoms with van der Waals surface area (Å²) in [6.45, 7) is 13.1. The van der Waals surface area contributed by atoms with Gasteiger partial charge in [-0.3, -0.25) is 4.90 Å². The molecular formula is C17H30N2O. The summed E-state index contributed by atoms with van der Waals surface area (Å²) in [5.74, 6) is 2.13. The van der Waals surface area contributed by atoms with Crippen LogP contribution in [0.3, 0.4) is 0 Å². The van der Waals surface area contributed by atoms with E-state index in [9.17, 15) is 0 Å². The third-order valence-corrected chi connectivity index (χ3v) is 4.55. The van der Waals surface area contributed by atoms with Gasteiger partial charge in [0.2, 0.25) is 0 Å². The first-order valence-electron chi connectivity index (χ1n) is 7.79. The molecule has 0 amide bonds. The molecule has 1 saturated carbocycles. The first-order chi connectivity index (χ1) is 9.27. The number of rotatable bonds is 6. The fourth-order valence-electron chi connectivity index (χ4n) is 2.43. The summed E-state index contributed by atoms with van der Waals surface area (Å²) in [5, 5.41) is 3.51. The molecule has 1 heterocycles. The first-order valence-corrected chi connectivity index (χ1v) is 7.79. The molecule has 3 heteroatoms. The molecule has 1 aliphatic rings. The fraction of sp³-hybridized carbons (Fsp3) is 0.765. The number of hydrogen-bond donors (Lipinski definition) is 1. The average molecular weight is 278 g/mol. The summed E-state index contributed by atoms with van der Waals surface area (Å²) in [7, 11) is 2.20. The molecule has 20 heavy (non-hydrogen) atoms. The molecule has 114 valence electrons. The normalized spacial score (nSPS) is 17.8. The SMILES string of the molecule is Cc1oc(CNC2CC2)cc1CN(C)C(C)C(C)(C)C. The molecule has 1 aromatic rings. The van der Waals surface area contributed by atoms with E-state index in [0.717, 1.165) is 30.7 Å². The minimum absolute atomic E-state index is 0.294. The van der Waals surface area contributed by atoms with Gasteiger partial charge in [-0.25, -0.2) is 0 Å². The molecule has 0 bridgehead atoms. The van der Waals surface area contributed by atoms with E-state index >= 15 is 0 Å². The van der Waals surface area contributed by atoms with Crippen LogP contribution in [-0.2, 0) is 13.1 Å². The zero-order valence-electron chi connectivity index (χ0n) is 13.9. The Balaban J connectivity index is 1.94. The van der Waals surface area contributed by atoms with Crippen LogP contribution in [0.25, 0.3) is 0 Å². The highest BCUT2D eigenvalue weighted by Gasteiger charge is 2.25. The Morgan fingerprint density at radius 1 is 1.40 bits per heavy atom. The summed E-state index contributed by atoms with van der Waals surface area (Å²) in [6, 6.07) is 3.48. The Morgan fingerprint density at radius 3 is 2.60 bits per heavy atom. The molecule has 0 spiro atoms. The largest absolute Gasteiger partial charge is 0.465 e. The summed E-state index contributed by atoms with van der Waals surface area (Å²) >= 11 is 0.